The topological polar surface area (TPSA) is 66.2 Å². The Hall–Kier alpha value is -2.30. The third kappa shape index (κ3) is 2.91. The maximum absolute atomic E-state index is 13.1. The van der Waals surface area contributed by atoms with Gasteiger partial charge in [-0.1, -0.05) is 0 Å². The zero-order valence-electron chi connectivity index (χ0n) is 11.2. The van der Waals surface area contributed by atoms with Gasteiger partial charge in [-0.2, -0.15) is 18.4 Å². The largest absolute Gasteiger partial charge is 0.462 e. The fourth-order valence-corrected chi connectivity index (χ4v) is 1.94. The molecular weight excluding hydrogens is 287 g/mol. The molecular formula is C13H12F3N3O2. The predicted octanol–water partition coefficient (Wildman–Crippen LogP) is 2.36. The number of carbonyl (C=O) groups is 1. The normalized spacial score (nSPS) is 14.3. The van der Waals surface area contributed by atoms with Crippen molar-refractivity contribution >= 4 is 11.8 Å². The van der Waals surface area contributed by atoms with Gasteiger partial charge in [0.2, 0.25) is 0 Å². The van der Waals surface area contributed by atoms with Crippen molar-refractivity contribution in [3.8, 4) is 6.07 Å². The molecule has 2 heterocycles. The van der Waals surface area contributed by atoms with E-state index in [0.717, 1.165) is 12.5 Å². The molecule has 0 atom stereocenters. The summed E-state index contributed by atoms with van der Waals surface area (Å²) in [7, 11) is 0. The third-order valence-corrected chi connectivity index (χ3v) is 3.04. The summed E-state index contributed by atoms with van der Waals surface area (Å²) in [6, 6.07) is 2.69. The summed E-state index contributed by atoms with van der Waals surface area (Å²) >= 11 is 0. The molecule has 0 N–H and O–H groups in total. The molecule has 112 valence electrons. The lowest BCUT2D eigenvalue weighted by atomic mass is 10.1. The van der Waals surface area contributed by atoms with Gasteiger partial charge in [0.25, 0.3) is 0 Å². The maximum atomic E-state index is 13.1. The molecule has 0 aromatic carbocycles. The van der Waals surface area contributed by atoms with E-state index in [9.17, 15) is 18.0 Å². The Morgan fingerprint density at radius 2 is 2.19 bits per heavy atom. The van der Waals surface area contributed by atoms with E-state index >= 15 is 0 Å². The van der Waals surface area contributed by atoms with Gasteiger partial charge in [-0.25, -0.2) is 9.78 Å². The first kappa shape index (κ1) is 15.1. The number of aromatic nitrogens is 1. The number of nitriles is 1. The van der Waals surface area contributed by atoms with Crippen molar-refractivity contribution in [3.63, 3.8) is 0 Å². The number of esters is 1. The summed E-state index contributed by atoms with van der Waals surface area (Å²) in [4.78, 5) is 16.7. The highest BCUT2D eigenvalue weighted by molar-refractivity contribution is 5.92. The second kappa shape index (κ2) is 5.60. The first-order chi connectivity index (χ1) is 9.88. The van der Waals surface area contributed by atoms with Gasteiger partial charge in [0.15, 0.2) is 5.69 Å². The van der Waals surface area contributed by atoms with E-state index in [4.69, 9.17) is 5.26 Å². The van der Waals surface area contributed by atoms with Gasteiger partial charge in [-0.15, -0.1) is 0 Å². The highest BCUT2D eigenvalue weighted by Gasteiger charge is 2.39. The number of hydrogen-bond donors (Lipinski definition) is 0. The van der Waals surface area contributed by atoms with E-state index in [1.165, 1.54) is 6.92 Å². The molecule has 0 unspecified atom stereocenters. The number of alkyl halides is 3. The summed E-state index contributed by atoms with van der Waals surface area (Å²) in [6.07, 6.45) is -3.97. The van der Waals surface area contributed by atoms with Crippen LogP contribution in [0.25, 0.3) is 0 Å². The molecule has 0 aliphatic carbocycles. The standard InChI is InChI=1S/C13H12F3N3O2/c1-2-21-12(20)9-6-8(7-17)11(19-4-3-5-19)18-10(9)13(14,15)16/h6H,2-5H2,1H3. The molecule has 1 aliphatic heterocycles. The van der Waals surface area contributed by atoms with Crippen LogP contribution in [0.3, 0.4) is 0 Å². The molecule has 5 nitrogen and oxygen atoms in total. The minimum Gasteiger partial charge on any atom is -0.462 e. The van der Waals surface area contributed by atoms with Crippen LogP contribution in [0, 0.1) is 11.3 Å². The molecule has 1 fully saturated rings. The molecule has 8 heteroatoms. The lowest BCUT2D eigenvalue weighted by Crippen LogP contribution is -2.38. The van der Waals surface area contributed by atoms with Crippen molar-refractivity contribution in [3.05, 3.63) is 22.9 Å². The fourth-order valence-electron chi connectivity index (χ4n) is 1.94. The number of carbonyl (C=O) groups excluding carboxylic acids is 1. The Balaban J connectivity index is 2.58. The van der Waals surface area contributed by atoms with Crippen molar-refractivity contribution in [1.82, 2.24) is 4.98 Å². The first-order valence-electron chi connectivity index (χ1n) is 6.33. The number of anilines is 1. The van der Waals surface area contributed by atoms with Gasteiger partial charge in [0.1, 0.15) is 11.9 Å². The van der Waals surface area contributed by atoms with Crippen LogP contribution in [0.2, 0.25) is 0 Å². The molecule has 0 radical (unpaired) electrons. The number of nitrogens with zero attached hydrogens (tertiary/aromatic N) is 3. The van der Waals surface area contributed by atoms with E-state index in [0.29, 0.717) is 13.1 Å². The molecule has 1 aromatic heterocycles. The predicted molar refractivity (Wildman–Crippen MR) is 66.7 cm³/mol. The van der Waals surface area contributed by atoms with Crippen LogP contribution in [0.4, 0.5) is 19.0 Å². The van der Waals surface area contributed by atoms with Gasteiger partial charge in [0, 0.05) is 13.1 Å². The Morgan fingerprint density at radius 1 is 1.52 bits per heavy atom. The first-order valence-corrected chi connectivity index (χ1v) is 6.33. The highest BCUT2D eigenvalue weighted by Crippen LogP contribution is 2.34. The van der Waals surface area contributed by atoms with Gasteiger partial charge in [-0.05, 0) is 19.4 Å². The highest BCUT2D eigenvalue weighted by atomic mass is 19.4. The van der Waals surface area contributed by atoms with Crippen molar-refractivity contribution in [2.24, 2.45) is 0 Å². The van der Waals surface area contributed by atoms with Crippen LogP contribution < -0.4 is 4.90 Å². The van der Waals surface area contributed by atoms with Crippen LogP contribution in [0.15, 0.2) is 6.07 Å². The summed E-state index contributed by atoms with van der Waals surface area (Å²) in [6.45, 7) is 2.50. The van der Waals surface area contributed by atoms with E-state index in [-0.39, 0.29) is 18.0 Å². The monoisotopic (exact) mass is 299 g/mol. The minimum atomic E-state index is -4.80. The lowest BCUT2D eigenvalue weighted by molar-refractivity contribution is -0.141. The van der Waals surface area contributed by atoms with E-state index < -0.39 is 23.4 Å². The molecule has 1 aliphatic rings. The molecule has 21 heavy (non-hydrogen) atoms. The Morgan fingerprint density at radius 3 is 2.62 bits per heavy atom. The van der Waals surface area contributed by atoms with Crippen molar-refractivity contribution in [1.29, 1.82) is 5.26 Å². The second-order valence-electron chi connectivity index (χ2n) is 4.43. The van der Waals surface area contributed by atoms with Crippen LogP contribution >= 0.6 is 0 Å². The lowest BCUT2D eigenvalue weighted by Gasteiger charge is -2.33. The van der Waals surface area contributed by atoms with Crippen molar-refractivity contribution in [2.45, 2.75) is 19.5 Å². The fraction of sp³-hybridized carbons (Fsp3) is 0.462. The summed E-state index contributed by atoms with van der Waals surface area (Å²) < 4.78 is 43.8. The van der Waals surface area contributed by atoms with Crippen LogP contribution in [0.5, 0.6) is 0 Å². The summed E-state index contributed by atoms with van der Waals surface area (Å²) in [5, 5.41) is 9.07. The maximum Gasteiger partial charge on any atom is 0.434 e. The van der Waals surface area contributed by atoms with Gasteiger partial charge < -0.3 is 9.64 Å². The Bertz CT molecular complexity index is 604. The number of rotatable bonds is 3. The van der Waals surface area contributed by atoms with Crippen molar-refractivity contribution < 1.29 is 22.7 Å². The number of ether oxygens (including phenoxy) is 1. The minimum absolute atomic E-state index is 0.0378. The third-order valence-electron chi connectivity index (χ3n) is 3.04. The zero-order valence-corrected chi connectivity index (χ0v) is 11.2. The Kier molecular flexibility index (Phi) is 4.02. The molecule has 2 rings (SSSR count). The van der Waals surface area contributed by atoms with E-state index in [1.807, 2.05) is 0 Å². The molecule has 0 spiro atoms. The molecule has 1 saturated heterocycles. The van der Waals surface area contributed by atoms with Crippen LogP contribution in [-0.4, -0.2) is 30.6 Å². The number of pyridine rings is 1. The zero-order chi connectivity index (χ0) is 15.6. The SMILES string of the molecule is CCOC(=O)c1cc(C#N)c(N2CCC2)nc1C(F)(F)F. The Labute approximate surface area is 118 Å². The van der Waals surface area contributed by atoms with Crippen LogP contribution in [-0.2, 0) is 10.9 Å². The van der Waals surface area contributed by atoms with E-state index in [1.54, 1.807) is 11.0 Å². The molecule has 0 saturated carbocycles. The molecule has 0 bridgehead atoms. The van der Waals surface area contributed by atoms with Gasteiger partial charge in [-0.3, -0.25) is 0 Å². The molecule has 1 aromatic rings. The smallest absolute Gasteiger partial charge is 0.434 e. The average Bonchev–Trinajstić information content (AvgIpc) is 2.35. The van der Waals surface area contributed by atoms with Gasteiger partial charge in [0.05, 0.1) is 17.7 Å². The quantitative estimate of drug-likeness (QED) is 0.802. The van der Waals surface area contributed by atoms with Crippen LogP contribution in [0.1, 0.15) is 35.0 Å². The molecule has 0 amide bonds. The average molecular weight is 299 g/mol. The summed E-state index contributed by atoms with van der Waals surface area (Å²) in [5.74, 6) is -1.17. The second-order valence-corrected chi connectivity index (χ2v) is 4.43. The van der Waals surface area contributed by atoms with Gasteiger partial charge >= 0.3 is 12.1 Å². The van der Waals surface area contributed by atoms with E-state index in [2.05, 4.69) is 9.72 Å². The summed E-state index contributed by atoms with van der Waals surface area (Å²) in [5.41, 5.74) is -2.11. The number of halogens is 3. The number of hydrogen-bond acceptors (Lipinski definition) is 5. The van der Waals surface area contributed by atoms with Crippen molar-refractivity contribution in [2.75, 3.05) is 24.6 Å².